The molecule has 0 aromatic heterocycles. The van der Waals surface area contributed by atoms with Crippen LogP contribution in [0.4, 0.5) is 0 Å². The molecule has 1 aromatic rings. The highest BCUT2D eigenvalue weighted by molar-refractivity contribution is 6.31. The molecule has 3 heteroatoms. The van der Waals surface area contributed by atoms with Gasteiger partial charge in [-0.25, -0.2) is 0 Å². The van der Waals surface area contributed by atoms with Crippen LogP contribution in [0.5, 0.6) is 5.75 Å². The Hall–Kier alpha value is -0.730. The van der Waals surface area contributed by atoms with Gasteiger partial charge < -0.3 is 9.84 Å². The zero-order valence-corrected chi connectivity index (χ0v) is 10.2. The first kappa shape index (κ1) is 11.7. The second kappa shape index (κ2) is 5.07. The van der Waals surface area contributed by atoms with Crippen molar-refractivity contribution < 1.29 is 9.84 Å². The normalized spacial score (nSPS) is 17.2. The Morgan fingerprint density at radius 3 is 2.88 bits per heavy atom. The number of aliphatic hydroxyl groups is 1. The van der Waals surface area contributed by atoms with Crippen molar-refractivity contribution in [3.05, 3.63) is 28.8 Å². The number of benzene rings is 1. The first-order valence-corrected chi connectivity index (χ1v) is 6.10. The Balaban J connectivity index is 2.09. The van der Waals surface area contributed by atoms with Gasteiger partial charge >= 0.3 is 0 Å². The van der Waals surface area contributed by atoms with Crippen LogP contribution in [-0.4, -0.2) is 12.2 Å². The van der Waals surface area contributed by atoms with Gasteiger partial charge in [0.15, 0.2) is 0 Å². The zero-order valence-electron chi connectivity index (χ0n) is 9.45. The Morgan fingerprint density at radius 2 is 2.25 bits per heavy atom. The molecule has 2 nitrogen and oxygen atoms in total. The maximum absolute atomic E-state index is 10.1. The summed E-state index contributed by atoms with van der Waals surface area (Å²) in [5.74, 6) is 1.50. The molecule has 88 valence electrons. The second-order valence-electron chi connectivity index (χ2n) is 4.39. The van der Waals surface area contributed by atoms with Crippen LogP contribution in [0.2, 0.25) is 5.02 Å². The standard InChI is InChI=1S/C13H17ClO2/c1-16-12-4-2-3-10(14)13(12)11(15)8-7-9-5-6-9/h2-4,9,11,15H,5-8H2,1H3. The van der Waals surface area contributed by atoms with E-state index < -0.39 is 6.10 Å². The van der Waals surface area contributed by atoms with Crippen LogP contribution < -0.4 is 4.74 Å². The smallest absolute Gasteiger partial charge is 0.126 e. The van der Waals surface area contributed by atoms with E-state index in [-0.39, 0.29) is 0 Å². The Labute approximate surface area is 101 Å². The van der Waals surface area contributed by atoms with Gasteiger partial charge in [-0.1, -0.05) is 30.5 Å². The SMILES string of the molecule is COc1cccc(Cl)c1C(O)CCC1CC1. The van der Waals surface area contributed by atoms with Crippen molar-refractivity contribution in [1.29, 1.82) is 0 Å². The van der Waals surface area contributed by atoms with Gasteiger partial charge in [-0.2, -0.15) is 0 Å². The van der Waals surface area contributed by atoms with Gasteiger partial charge in [0.1, 0.15) is 5.75 Å². The monoisotopic (exact) mass is 240 g/mol. The number of hydrogen-bond donors (Lipinski definition) is 1. The first-order valence-electron chi connectivity index (χ1n) is 5.73. The van der Waals surface area contributed by atoms with Gasteiger partial charge in [0.2, 0.25) is 0 Å². The highest BCUT2D eigenvalue weighted by atomic mass is 35.5. The molecule has 0 aliphatic heterocycles. The number of ether oxygens (including phenoxy) is 1. The molecular weight excluding hydrogens is 224 g/mol. The molecule has 1 N–H and O–H groups in total. The minimum Gasteiger partial charge on any atom is -0.496 e. The maximum atomic E-state index is 10.1. The van der Waals surface area contributed by atoms with Gasteiger partial charge in [-0.05, 0) is 30.9 Å². The van der Waals surface area contributed by atoms with Gasteiger partial charge in [-0.3, -0.25) is 0 Å². The van der Waals surface area contributed by atoms with Crippen LogP contribution >= 0.6 is 11.6 Å². The number of rotatable bonds is 5. The fourth-order valence-electron chi connectivity index (χ4n) is 1.96. The van der Waals surface area contributed by atoms with Gasteiger partial charge in [0.05, 0.1) is 18.2 Å². The van der Waals surface area contributed by atoms with Crippen molar-refractivity contribution in [2.45, 2.75) is 31.8 Å². The zero-order chi connectivity index (χ0) is 11.5. The molecule has 1 aromatic carbocycles. The summed E-state index contributed by atoms with van der Waals surface area (Å²) < 4.78 is 5.23. The van der Waals surface area contributed by atoms with Crippen molar-refractivity contribution in [2.24, 2.45) is 5.92 Å². The van der Waals surface area contributed by atoms with Crippen molar-refractivity contribution in [3.8, 4) is 5.75 Å². The fourth-order valence-corrected chi connectivity index (χ4v) is 2.25. The first-order chi connectivity index (χ1) is 7.72. The molecular formula is C13H17ClO2. The highest BCUT2D eigenvalue weighted by Gasteiger charge is 2.24. The summed E-state index contributed by atoms with van der Waals surface area (Å²) in [6.07, 6.45) is 3.96. The average Bonchev–Trinajstić information content (AvgIpc) is 3.09. The topological polar surface area (TPSA) is 29.5 Å². The van der Waals surface area contributed by atoms with E-state index in [2.05, 4.69) is 0 Å². The van der Waals surface area contributed by atoms with Crippen molar-refractivity contribution in [2.75, 3.05) is 7.11 Å². The number of methoxy groups -OCH3 is 1. The Morgan fingerprint density at radius 1 is 1.50 bits per heavy atom. The molecule has 0 heterocycles. The van der Waals surface area contributed by atoms with Crippen LogP contribution in [0.15, 0.2) is 18.2 Å². The minimum atomic E-state index is -0.510. The van der Waals surface area contributed by atoms with E-state index >= 15 is 0 Å². The van der Waals surface area contributed by atoms with Gasteiger partial charge in [0, 0.05) is 5.56 Å². The van der Waals surface area contributed by atoms with E-state index in [1.807, 2.05) is 12.1 Å². The maximum Gasteiger partial charge on any atom is 0.126 e. The quantitative estimate of drug-likeness (QED) is 0.853. The molecule has 1 unspecified atom stereocenters. The summed E-state index contributed by atoms with van der Waals surface area (Å²) in [5, 5.41) is 10.7. The lowest BCUT2D eigenvalue weighted by molar-refractivity contribution is 0.158. The summed E-state index contributed by atoms with van der Waals surface area (Å²) in [6.45, 7) is 0. The van der Waals surface area contributed by atoms with E-state index in [4.69, 9.17) is 16.3 Å². The molecule has 1 saturated carbocycles. The highest BCUT2D eigenvalue weighted by Crippen LogP contribution is 2.39. The van der Waals surface area contributed by atoms with Crippen molar-refractivity contribution >= 4 is 11.6 Å². The van der Waals surface area contributed by atoms with E-state index in [1.165, 1.54) is 12.8 Å². The summed E-state index contributed by atoms with van der Waals surface area (Å²) >= 11 is 6.09. The predicted molar refractivity (Wildman–Crippen MR) is 64.9 cm³/mol. The number of hydrogen-bond acceptors (Lipinski definition) is 2. The molecule has 2 rings (SSSR count). The molecule has 1 aliphatic rings. The molecule has 0 spiro atoms. The molecule has 1 fully saturated rings. The van der Waals surface area contributed by atoms with Crippen LogP contribution in [0.3, 0.4) is 0 Å². The second-order valence-corrected chi connectivity index (χ2v) is 4.80. The Bertz CT molecular complexity index is 361. The van der Waals surface area contributed by atoms with Crippen LogP contribution in [-0.2, 0) is 0 Å². The Kier molecular flexibility index (Phi) is 3.72. The minimum absolute atomic E-state index is 0.510. The summed E-state index contributed by atoms with van der Waals surface area (Å²) in [7, 11) is 1.60. The molecule has 0 amide bonds. The van der Waals surface area contributed by atoms with E-state index in [0.717, 1.165) is 24.3 Å². The van der Waals surface area contributed by atoms with Crippen LogP contribution in [0, 0.1) is 5.92 Å². The fraction of sp³-hybridized carbons (Fsp3) is 0.538. The van der Waals surface area contributed by atoms with Crippen molar-refractivity contribution in [1.82, 2.24) is 0 Å². The lowest BCUT2D eigenvalue weighted by atomic mass is 10.0. The molecule has 1 aliphatic carbocycles. The summed E-state index contributed by atoms with van der Waals surface area (Å²) in [6, 6.07) is 5.46. The van der Waals surface area contributed by atoms with E-state index in [9.17, 15) is 5.11 Å². The molecule has 0 bridgehead atoms. The lowest BCUT2D eigenvalue weighted by Crippen LogP contribution is -2.02. The van der Waals surface area contributed by atoms with E-state index in [1.54, 1.807) is 13.2 Å². The van der Waals surface area contributed by atoms with Gasteiger partial charge in [-0.15, -0.1) is 0 Å². The average molecular weight is 241 g/mol. The predicted octanol–water partition coefficient (Wildman–Crippen LogP) is 3.57. The van der Waals surface area contributed by atoms with E-state index in [0.29, 0.717) is 10.8 Å². The largest absolute Gasteiger partial charge is 0.496 e. The summed E-state index contributed by atoms with van der Waals surface area (Å²) in [4.78, 5) is 0. The third kappa shape index (κ3) is 2.69. The number of halogens is 1. The van der Waals surface area contributed by atoms with Crippen molar-refractivity contribution in [3.63, 3.8) is 0 Å². The van der Waals surface area contributed by atoms with Crippen LogP contribution in [0.25, 0.3) is 0 Å². The summed E-state index contributed by atoms with van der Waals surface area (Å²) in [5.41, 5.74) is 0.729. The van der Waals surface area contributed by atoms with Gasteiger partial charge in [0.25, 0.3) is 0 Å². The molecule has 16 heavy (non-hydrogen) atoms. The third-order valence-electron chi connectivity index (χ3n) is 3.11. The van der Waals surface area contributed by atoms with Crippen LogP contribution in [0.1, 0.15) is 37.4 Å². The lowest BCUT2D eigenvalue weighted by Gasteiger charge is -2.16. The molecule has 1 atom stereocenters. The third-order valence-corrected chi connectivity index (χ3v) is 3.44. The molecule has 0 radical (unpaired) electrons. The number of aliphatic hydroxyl groups excluding tert-OH is 1. The molecule has 0 saturated heterocycles.